The van der Waals surface area contributed by atoms with Crippen molar-refractivity contribution in [3.8, 4) is 0 Å². The van der Waals surface area contributed by atoms with E-state index >= 15 is 0 Å². The van der Waals surface area contributed by atoms with Gasteiger partial charge in [-0.3, -0.25) is 0 Å². The predicted molar refractivity (Wildman–Crippen MR) is 47.2 cm³/mol. The van der Waals surface area contributed by atoms with Crippen LogP contribution in [0.15, 0.2) is 0 Å². The molecular formula is C9H18O4. The second-order valence-electron chi connectivity index (χ2n) is 3.46. The van der Waals surface area contributed by atoms with Crippen LogP contribution in [0.2, 0.25) is 0 Å². The summed E-state index contributed by atoms with van der Waals surface area (Å²) in [5.74, 6) is -0.689. The highest BCUT2D eigenvalue weighted by molar-refractivity contribution is 4.77. The zero-order valence-corrected chi connectivity index (χ0v) is 8.03. The molecule has 78 valence electrons. The Morgan fingerprint density at radius 1 is 1.31 bits per heavy atom. The van der Waals surface area contributed by atoms with Crippen molar-refractivity contribution in [1.29, 1.82) is 0 Å². The van der Waals surface area contributed by atoms with Gasteiger partial charge < -0.3 is 19.7 Å². The quantitative estimate of drug-likeness (QED) is 0.647. The highest BCUT2D eigenvalue weighted by Crippen LogP contribution is 2.30. The zero-order chi connectivity index (χ0) is 9.73. The molecule has 0 aromatic heterocycles. The third-order valence-electron chi connectivity index (χ3n) is 2.53. The summed E-state index contributed by atoms with van der Waals surface area (Å²) in [4.78, 5) is 0. The second-order valence-corrected chi connectivity index (χ2v) is 3.46. The molecule has 1 rings (SSSR count). The van der Waals surface area contributed by atoms with Crippen molar-refractivity contribution >= 4 is 0 Å². The van der Waals surface area contributed by atoms with Gasteiger partial charge in [0, 0.05) is 12.5 Å². The molecule has 4 heteroatoms. The molecular weight excluding hydrogens is 172 g/mol. The van der Waals surface area contributed by atoms with Gasteiger partial charge in [0.15, 0.2) is 5.79 Å². The van der Waals surface area contributed by atoms with Crippen LogP contribution in [-0.2, 0) is 9.47 Å². The number of aliphatic hydroxyl groups is 2. The van der Waals surface area contributed by atoms with E-state index in [1.807, 2.05) is 6.92 Å². The summed E-state index contributed by atoms with van der Waals surface area (Å²) >= 11 is 0. The van der Waals surface area contributed by atoms with Gasteiger partial charge in [0.05, 0.1) is 19.8 Å². The van der Waals surface area contributed by atoms with Crippen molar-refractivity contribution in [2.24, 2.45) is 5.92 Å². The molecule has 0 aliphatic carbocycles. The Kier molecular flexibility index (Phi) is 4.12. The minimum absolute atomic E-state index is 0.0382. The Hall–Kier alpha value is -0.160. The first-order valence-corrected chi connectivity index (χ1v) is 4.72. The maximum Gasteiger partial charge on any atom is 0.170 e. The average molecular weight is 190 g/mol. The van der Waals surface area contributed by atoms with Gasteiger partial charge in [-0.1, -0.05) is 0 Å². The number of rotatable bonds is 5. The minimum atomic E-state index is -0.649. The summed E-state index contributed by atoms with van der Waals surface area (Å²) < 4.78 is 10.9. The van der Waals surface area contributed by atoms with Crippen LogP contribution in [0.5, 0.6) is 0 Å². The standard InChI is InChI=1S/C9H18O4/c1-9(12-5-6-13-9)8(7-11)3-2-4-10/h8,10-11H,2-7H2,1H3. The van der Waals surface area contributed by atoms with E-state index in [2.05, 4.69) is 0 Å². The summed E-state index contributed by atoms with van der Waals surface area (Å²) in [6.07, 6.45) is 1.40. The van der Waals surface area contributed by atoms with Crippen molar-refractivity contribution in [3.63, 3.8) is 0 Å². The van der Waals surface area contributed by atoms with Crippen molar-refractivity contribution in [2.45, 2.75) is 25.6 Å². The maximum absolute atomic E-state index is 9.14. The molecule has 2 N–H and O–H groups in total. The molecule has 1 saturated heterocycles. The highest BCUT2D eigenvalue weighted by atomic mass is 16.7. The molecule has 1 aliphatic heterocycles. The lowest BCUT2D eigenvalue weighted by molar-refractivity contribution is -0.191. The fourth-order valence-electron chi connectivity index (χ4n) is 1.62. The van der Waals surface area contributed by atoms with E-state index in [-0.39, 0.29) is 19.1 Å². The summed E-state index contributed by atoms with van der Waals surface area (Å²) in [5.41, 5.74) is 0. The van der Waals surface area contributed by atoms with Crippen LogP contribution < -0.4 is 0 Å². The first kappa shape index (κ1) is 10.9. The van der Waals surface area contributed by atoms with Crippen molar-refractivity contribution < 1.29 is 19.7 Å². The van der Waals surface area contributed by atoms with E-state index in [9.17, 15) is 0 Å². The number of hydrogen-bond donors (Lipinski definition) is 2. The summed E-state index contributed by atoms with van der Waals surface area (Å²) in [6.45, 7) is 3.21. The molecule has 0 radical (unpaired) electrons. The van der Waals surface area contributed by atoms with E-state index in [0.717, 1.165) is 6.42 Å². The fourth-order valence-corrected chi connectivity index (χ4v) is 1.62. The van der Waals surface area contributed by atoms with Crippen LogP contribution >= 0.6 is 0 Å². The molecule has 0 aromatic rings. The van der Waals surface area contributed by atoms with Gasteiger partial charge in [-0.15, -0.1) is 0 Å². The molecule has 0 spiro atoms. The molecule has 0 aromatic carbocycles. The van der Waals surface area contributed by atoms with E-state index in [1.165, 1.54) is 0 Å². The van der Waals surface area contributed by atoms with Crippen molar-refractivity contribution in [1.82, 2.24) is 0 Å². The maximum atomic E-state index is 9.14. The Morgan fingerprint density at radius 2 is 1.92 bits per heavy atom. The van der Waals surface area contributed by atoms with Crippen LogP contribution in [0.1, 0.15) is 19.8 Å². The smallest absolute Gasteiger partial charge is 0.170 e. The average Bonchev–Trinajstić information content (AvgIpc) is 2.54. The SMILES string of the molecule is CC1(C(CO)CCCO)OCCO1. The van der Waals surface area contributed by atoms with Gasteiger partial charge in [-0.25, -0.2) is 0 Å². The molecule has 1 atom stereocenters. The van der Waals surface area contributed by atoms with E-state index in [1.54, 1.807) is 0 Å². The van der Waals surface area contributed by atoms with Crippen molar-refractivity contribution in [3.05, 3.63) is 0 Å². The first-order chi connectivity index (χ1) is 6.23. The molecule has 1 fully saturated rings. The Bertz CT molecular complexity index is 143. The van der Waals surface area contributed by atoms with Crippen LogP contribution in [0.3, 0.4) is 0 Å². The minimum Gasteiger partial charge on any atom is -0.396 e. The Labute approximate surface area is 78.5 Å². The third kappa shape index (κ3) is 2.64. The van der Waals surface area contributed by atoms with E-state index in [4.69, 9.17) is 19.7 Å². The van der Waals surface area contributed by atoms with Gasteiger partial charge in [0.2, 0.25) is 0 Å². The number of ether oxygens (including phenoxy) is 2. The number of hydrogen-bond acceptors (Lipinski definition) is 4. The van der Waals surface area contributed by atoms with Gasteiger partial charge in [-0.05, 0) is 19.8 Å². The number of aliphatic hydroxyl groups excluding tert-OH is 2. The second kappa shape index (κ2) is 4.91. The molecule has 1 aliphatic rings. The highest BCUT2D eigenvalue weighted by Gasteiger charge is 2.38. The zero-order valence-electron chi connectivity index (χ0n) is 8.03. The van der Waals surface area contributed by atoms with Gasteiger partial charge >= 0.3 is 0 Å². The molecule has 0 saturated carbocycles. The lowest BCUT2D eigenvalue weighted by atomic mass is 9.95. The first-order valence-electron chi connectivity index (χ1n) is 4.72. The van der Waals surface area contributed by atoms with Crippen LogP contribution in [0.25, 0.3) is 0 Å². The molecule has 4 nitrogen and oxygen atoms in total. The molecule has 1 unspecified atom stereocenters. The van der Waals surface area contributed by atoms with E-state index in [0.29, 0.717) is 19.6 Å². The summed E-state index contributed by atoms with van der Waals surface area (Å²) in [7, 11) is 0. The third-order valence-corrected chi connectivity index (χ3v) is 2.53. The molecule has 1 heterocycles. The Balaban J connectivity index is 2.43. The Morgan fingerprint density at radius 3 is 2.38 bits per heavy atom. The normalized spacial score (nSPS) is 23.3. The molecule has 0 bridgehead atoms. The summed E-state index contributed by atoms with van der Waals surface area (Å²) in [6, 6.07) is 0. The fraction of sp³-hybridized carbons (Fsp3) is 1.00. The van der Waals surface area contributed by atoms with Gasteiger partial charge in [-0.2, -0.15) is 0 Å². The van der Waals surface area contributed by atoms with E-state index < -0.39 is 5.79 Å². The lowest BCUT2D eigenvalue weighted by Crippen LogP contribution is -2.38. The molecule has 13 heavy (non-hydrogen) atoms. The summed E-state index contributed by atoms with van der Waals surface area (Å²) in [5, 5.41) is 17.8. The van der Waals surface area contributed by atoms with Gasteiger partial charge in [0.1, 0.15) is 0 Å². The monoisotopic (exact) mass is 190 g/mol. The van der Waals surface area contributed by atoms with Crippen LogP contribution in [0.4, 0.5) is 0 Å². The topological polar surface area (TPSA) is 58.9 Å². The van der Waals surface area contributed by atoms with Crippen molar-refractivity contribution in [2.75, 3.05) is 26.4 Å². The van der Waals surface area contributed by atoms with Crippen LogP contribution in [0, 0.1) is 5.92 Å². The lowest BCUT2D eigenvalue weighted by Gasteiger charge is -2.30. The van der Waals surface area contributed by atoms with Gasteiger partial charge in [0.25, 0.3) is 0 Å². The van der Waals surface area contributed by atoms with Crippen LogP contribution in [-0.4, -0.2) is 42.4 Å². The molecule has 0 amide bonds. The predicted octanol–water partition coefficient (Wildman–Crippen LogP) is 0.130. The largest absolute Gasteiger partial charge is 0.396 e.